The summed E-state index contributed by atoms with van der Waals surface area (Å²) in [7, 11) is 4.71. The maximum atomic E-state index is 12.2. The Balaban J connectivity index is 2.09. The van der Waals surface area contributed by atoms with Gasteiger partial charge in [0.15, 0.2) is 11.5 Å². The first-order valence-corrected chi connectivity index (χ1v) is 8.37. The predicted molar refractivity (Wildman–Crippen MR) is 94.7 cm³/mol. The summed E-state index contributed by atoms with van der Waals surface area (Å²) in [5, 5.41) is 3.11. The van der Waals surface area contributed by atoms with Crippen LogP contribution in [-0.2, 0) is 4.79 Å². The fourth-order valence-electron chi connectivity index (χ4n) is 3.13. The van der Waals surface area contributed by atoms with Gasteiger partial charge in [0.2, 0.25) is 11.7 Å². The van der Waals surface area contributed by atoms with Crippen LogP contribution in [0.5, 0.6) is 17.2 Å². The first-order chi connectivity index (χ1) is 11.6. The molecule has 5 heteroatoms. The quantitative estimate of drug-likeness (QED) is 0.811. The van der Waals surface area contributed by atoms with Crippen molar-refractivity contribution >= 4 is 12.0 Å². The Bertz CT molecular complexity index is 572. The van der Waals surface area contributed by atoms with E-state index < -0.39 is 0 Å². The molecule has 1 N–H and O–H groups in total. The summed E-state index contributed by atoms with van der Waals surface area (Å²) in [5.74, 6) is 2.15. The van der Waals surface area contributed by atoms with Gasteiger partial charge < -0.3 is 19.5 Å². The van der Waals surface area contributed by atoms with Gasteiger partial charge in [0.1, 0.15) is 0 Å². The number of carbonyl (C=O) groups is 1. The molecule has 2 atom stereocenters. The summed E-state index contributed by atoms with van der Waals surface area (Å²) < 4.78 is 15.9. The number of benzene rings is 1. The number of rotatable bonds is 6. The number of hydrogen-bond acceptors (Lipinski definition) is 4. The van der Waals surface area contributed by atoms with Gasteiger partial charge in [-0.3, -0.25) is 4.79 Å². The summed E-state index contributed by atoms with van der Waals surface area (Å²) in [5.41, 5.74) is 0.816. The van der Waals surface area contributed by atoms with Gasteiger partial charge in [-0.25, -0.2) is 0 Å². The van der Waals surface area contributed by atoms with Crippen molar-refractivity contribution in [3.05, 3.63) is 23.8 Å². The van der Waals surface area contributed by atoms with Crippen LogP contribution in [0.4, 0.5) is 0 Å². The molecule has 132 valence electrons. The molecule has 0 bridgehead atoms. The highest BCUT2D eigenvalue weighted by Crippen LogP contribution is 2.38. The zero-order chi connectivity index (χ0) is 17.5. The summed E-state index contributed by atoms with van der Waals surface area (Å²) in [4.78, 5) is 12.2. The van der Waals surface area contributed by atoms with Crippen LogP contribution < -0.4 is 19.5 Å². The minimum Gasteiger partial charge on any atom is -0.493 e. The summed E-state index contributed by atoms with van der Waals surface area (Å²) in [6, 6.07) is 3.90. The van der Waals surface area contributed by atoms with Gasteiger partial charge in [0.25, 0.3) is 0 Å². The lowest BCUT2D eigenvalue weighted by molar-refractivity contribution is -0.117. The molecule has 1 aliphatic rings. The average molecular weight is 333 g/mol. The zero-order valence-corrected chi connectivity index (χ0v) is 14.9. The lowest BCUT2D eigenvalue weighted by Crippen LogP contribution is -2.40. The number of carbonyl (C=O) groups excluding carboxylic acids is 1. The third-order valence-electron chi connectivity index (χ3n) is 4.55. The standard InChI is InChI=1S/C19H27NO4/c1-13-7-5-6-8-15(13)20-18(21)10-9-14-11-16(22-2)19(24-4)17(12-14)23-3/h9-13,15H,5-8H2,1-4H3,(H,20,21)/b10-9+/t13-,15+/m0/s1. The van der Waals surface area contributed by atoms with Gasteiger partial charge in [-0.05, 0) is 42.5 Å². The van der Waals surface area contributed by atoms with Crippen LogP contribution in [0.25, 0.3) is 6.08 Å². The molecule has 0 unspecified atom stereocenters. The van der Waals surface area contributed by atoms with Gasteiger partial charge >= 0.3 is 0 Å². The fraction of sp³-hybridized carbons (Fsp3) is 0.526. The highest BCUT2D eigenvalue weighted by molar-refractivity contribution is 5.92. The molecule has 1 aromatic rings. The smallest absolute Gasteiger partial charge is 0.244 e. The largest absolute Gasteiger partial charge is 0.493 e. The minimum atomic E-state index is -0.0671. The molecule has 1 fully saturated rings. The van der Waals surface area contributed by atoms with E-state index in [1.54, 1.807) is 33.5 Å². The molecule has 0 aliphatic heterocycles. The number of ether oxygens (including phenoxy) is 3. The second-order valence-electron chi connectivity index (χ2n) is 6.17. The second-order valence-corrected chi connectivity index (χ2v) is 6.17. The van der Waals surface area contributed by atoms with Gasteiger partial charge in [-0.2, -0.15) is 0 Å². The Morgan fingerprint density at radius 3 is 2.25 bits per heavy atom. The van der Waals surface area contributed by atoms with Crippen molar-refractivity contribution < 1.29 is 19.0 Å². The molecule has 0 saturated heterocycles. The van der Waals surface area contributed by atoms with Crippen molar-refractivity contribution in [2.75, 3.05) is 21.3 Å². The molecule has 1 amide bonds. The highest BCUT2D eigenvalue weighted by Gasteiger charge is 2.22. The minimum absolute atomic E-state index is 0.0671. The molecule has 1 aromatic carbocycles. The molecule has 1 aliphatic carbocycles. The normalized spacial score (nSPS) is 20.7. The van der Waals surface area contributed by atoms with E-state index in [-0.39, 0.29) is 11.9 Å². The maximum absolute atomic E-state index is 12.2. The molecule has 0 aromatic heterocycles. The summed E-state index contributed by atoms with van der Waals surface area (Å²) in [6.07, 6.45) is 8.00. The monoisotopic (exact) mass is 333 g/mol. The Hall–Kier alpha value is -2.17. The van der Waals surface area contributed by atoms with E-state index in [4.69, 9.17) is 14.2 Å². The average Bonchev–Trinajstić information content (AvgIpc) is 2.60. The van der Waals surface area contributed by atoms with E-state index >= 15 is 0 Å². The van der Waals surface area contributed by atoms with Crippen LogP contribution in [0.3, 0.4) is 0 Å². The van der Waals surface area contributed by atoms with E-state index in [1.807, 2.05) is 12.1 Å². The summed E-state index contributed by atoms with van der Waals surface area (Å²) >= 11 is 0. The SMILES string of the molecule is COc1cc(/C=C/C(=O)N[C@@H]2CCCC[C@@H]2C)cc(OC)c1OC. The molecular formula is C19H27NO4. The van der Waals surface area contributed by atoms with E-state index in [0.29, 0.717) is 23.2 Å². The Morgan fingerprint density at radius 2 is 1.71 bits per heavy atom. The van der Waals surface area contributed by atoms with Crippen molar-refractivity contribution in [3.63, 3.8) is 0 Å². The van der Waals surface area contributed by atoms with Gasteiger partial charge in [0.05, 0.1) is 21.3 Å². The molecule has 1 saturated carbocycles. The molecule has 0 heterocycles. The van der Waals surface area contributed by atoms with Crippen molar-refractivity contribution in [2.45, 2.75) is 38.6 Å². The number of hydrogen-bond donors (Lipinski definition) is 1. The van der Waals surface area contributed by atoms with Crippen molar-refractivity contribution in [3.8, 4) is 17.2 Å². The van der Waals surface area contributed by atoms with E-state index in [1.165, 1.54) is 19.3 Å². The Kier molecular flexibility index (Phi) is 6.53. The number of nitrogens with one attached hydrogen (secondary N) is 1. The van der Waals surface area contributed by atoms with Gasteiger partial charge in [-0.15, -0.1) is 0 Å². The fourth-order valence-corrected chi connectivity index (χ4v) is 3.13. The Morgan fingerprint density at radius 1 is 1.08 bits per heavy atom. The molecule has 2 rings (SSSR count). The van der Waals surface area contributed by atoms with Crippen LogP contribution in [0.15, 0.2) is 18.2 Å². The van der Waals surface area contributed by atoms with Crippen molar-refractivity contribution in [1.82, 2.24) is 5.32 Å². The molecule has 5 nitrogen and oxygen atoms in total. The zero-order valence-electron chi connectivity index (χ0n) is 14.9. The third kappa shape index (κ3) is 4.43. The van der Waals surface area contributed by atoms with Crippen molar-refractivity contribution in [2.24, 2.45) is 5.92 Å². The first kappa shape index (κ1) is 18.2. The first-order valence-electron chi connectivity index (χ1n) is 8.37. The third-order valence-corrected chi connectivity index (χ3v) is 4.55. The second kappa shape index (κ2) is 8.62. The lowest BCUT2D eigenvalue weighted by Gasteiger charge is -2.29. The Labute approximate surface area is 144 Å². The number of methoxy groups -OCH3 is 3. The lowest BCUT2D eigenvalue weighted by atomic mass is 9.86. The predicted octanol–water partition coefficient (Wildman–Crippen LogP) is 3.42. The topological polar surface area (TPSA) is 56.8 Å². The van der Waals surface area contributed by atoms with Crippen LogP contribution in [0, 0.1) is 5.92 Å². The number of amides is 1. The molecular weight excluding hydrogens is 306 g/mol. The van der Waals surface area contributed by atoms with Crippen LogP contribution in [0.1, 0.15) is 38.2 Å². The molecule has 24 heavy (non-hydrogen) atoms. The summed E-state index contributed by atoms with van der Waals surface area (Å²) in [6.45, 7) is 2.20. The van der Waals surface area contributed by atoms with Crippen LogP contribution >= 0.6 is 0 Å². The highest BCUT2D eigenvalue weighted by atomic mass is 16.5. The molecule has 0 spiro atoms. The van der Waals surface area contributed by atoms with Crippen LogP contribution in [-0.4, -0.2) is 33.3 Å². The van der Waals surface area contributed by atoms with Crippen molar-refractivity contribution in [1.29, 1.82) is 0 Å². The van der Waals surface area contributed by atoms with E-state index in [0.717, 1.165) is 12.0 Å². The van der Waals surface area contributed by atoms with Crippen LogP contribution in [0.2, 0.25) is 0 Å². The van der Waals surface area contributed by atoms with Gasteiger partial charge in [-0.1, -0.05) is 19.8 Å². The maximum Gasteiger partial charge on any atom is 0.244 e. The van der Waals surface area contributed by atoms with E-state index in [9.17, 15) is 4.79 Å². The van der Waals surface area contributed by atoms with E-state index in [2.05, 4.69) is 12.2 Å². The molecule has 0 radical (unpaired) electrons. The van der Waals surface area contributed by atoms with Gasteiger partial charge in [0, 0.05) is 12.1 Å².